The molecule has 0 unspecified atom stereocenters. The van der Waals surface area contributed by atoms with Crippen molar-refractivity contribution >= 4 is 21.8 Å². The van der Waals surface area contributed by atoms with Gasteiger partial charge in [0.25, 0.3) is 5.91 Å². The summed E-state index contributed by atoms with van der Waals surface area (Å²) in [5, 5.41) is 2.82. The van der Waals surface area contributed by atoms with E-state index in [1.807, 2.05) is 31.2 Å². The first-order valence-corrected chi connectivity index (χ1v) is 8.40. The lowest BCUT2D eigenvalue weighted by molar-refractivity contribution is 0.0946. The first kappa shape index (κ1) is 18.1. The minimum absolute atomic E-state index is 0.184. The zero-order chi connectivity index (χ0) is 17.4. The lowest BCUT2D eigenvalue weighted by atomic mass is 10.2. The number of hydrogen-bond acceptors (Lipinski definition) is 4. The van der Waals surface area contributed by atoms with Gasteiger partial charge < -0.3 is 19.5 Å². The fraction of sp³-hybridized carbons (Fsp3) is 0.278. The molecule has 2 rings (SSSR count). The van der Waals surface area contributed by atoms with Gasteiger partial charge in [-0.15, -0.1) is 0 Å². The van der Waals surface area contributed by atoms with Crippen LogP contribution in [0.3, 0.4) is 0 Å². The number of nitrogens with one attached hydrogen (secondary N) is 1. The van der Waals surface area contributed by atoms with Crippen LogP contribution in [0.15, 0.2) is 46.9 Å². The highest BCUT2D eigenvalue weighted by atomic mass is 79.9. The van der Waals surface area contributed by atoms with Crippen molar-refractivity contribution in [3.8, 4) is 17.2 Å². The van der Waals surface area contributed by atoms with E-state index in [1.54, 1.807) is 25.3 Å². The summed E-state index contributed by atoms with van der Waals surface area (Å²) in [4.78, 5) is 12.2. The molecule has 128 valence electrons. The molecule has 0 radical (unpaired) electrons. The molecule has 24 heavy (non-hydrogen) atoms. The predicted molar refractivity (Wildman–Crippen MR) is 96.1 cm³/mol. The number of halogens is 1. The van der Waals surface area contributed by atoms with Gasteiger partial charge in [0.2, 0.25) is 0 Å². The van der Waals surface area contributed by atoms with Crippen LogP contribution < -0.4 is 19.5 Å². The van der Waals surface area contributed by atoms with E-state index >= 15 is 0 Å². The highest BCUT2D eigenvalue weighted by Gasteiger charge is 2.10. The Morgan fingerprint density at radius 2 is 1.96 bits per heavy atom. The Morgan fingerprint density at radius 1 is 1.12 bits per heavy atom. The number of amides is 1. The molecule has 1 amide bonds. The summed E-state index contributed by atoms with van der Waals surface area (Å²) < 4.78 is 17.2. The van der Waals surface area contributed by atoms with Crippen LogP contribution in [0.2, 0.25) is 0 Å². The van der Waals surface area contributed by atoms with Gasteiger partial charge in [-0.05, 0) is 43.3 Å². The Morgan fingerprint density at radius 3 is 2.67 bits per heavy atom. The second-order valence-corrected chi connectivity index (χ2v) is 5.78. The van der Waals surface area contributed by atoms with Gasteiger partial charge in [-0.1, -0.05) is 22.0 Å². The zero-order valence-corrected chi connectivity index (χ0v) is 15.3. The monoisotopic (exact) mass is 393 g/mol. The molecule has 0 saturated carbocycles. The maximum Gasteiger partial charge on any atom is 0.251 e. The molecule has 0 fully saturated rings. The van der Waals surface area contributed by atoms with Crippen molar-refractivity contribution in [3.63, 3.8) is 0 Å². The molecule has 0 aliphatic heterocycles. The molecule has 1 N–H and O–H groups in total. The molecule has 6 heteroatoms. The smallest absolute Gasteiger partial charge is 0.251 e. The number of carbonyl (C=O) groups is 1. The molecule has 5 nitrogen and oxygen atoms in total. The van der Waals surface area contributed by atoms with Crippen LogP contribution in [0.5, 0.6) is 17.2 Å². The van der Waals surface area contributed by atoms with Crippen molar-refractivity contribution in [2.45, 2.75) is 6.92 Å². The van der Waals surface area contributed by atoms with Gasteiger partial charge in [0.05, 0.1) is 20.3 Å². The third-order valence-electron chi connectivity index (χ3n) is 3.18. The van der Waals surface area contributed by atoms with E-state index in [9.17, 15) is 4.79 Å². The van der Waals surface area contributed by atoms with Gasteiger partial charge in [-0.2, -0.15) is 0 Å². The molecular weight excluding hydrogens is 374 g/mol. The van der Waals surface area contributed by atoms with Crippen LogP contribution in [0.1, 0.15) is 17.3 Å². The van der Waals surface area contributed by atoms with E-state index in [4.69, 9.17) is 14.2 Å². The average Bonchev–Trinajstić information content (AvgIpc) is 2.59. The summed E-state index contributed by atoms with van der Waals surface area (Å²) in [6.45, 7) is 3.17. The first-order chi connectivity index (χ1) is 11.6. The summed E-state index contributed by atoms with van der Waals surface area (Å²) in [5.41, 5.74) is 0.515. The number of ether oxygens (including phenoxy) is 3. The molecule has 0 saturated heterocycles. The van der Waals surface area contributed by atoms with Crippen LogP contribution in [0, 0.1) is 0 Å². The molecule has 2 aromatic rings. The van der Waals surface area contributed by atoms with Crippen LogP contribution in [-0.2, 0) is 0 Å². The Hall–Kier alpha value is -2.21. The lowest BCUT2D eigenvalue weighted by Gasteiger charge is -2.11. The average molecular weight is 394 g/mol. The van der Waals surface area contributed by atoms with Crippen LogP contribution in [0.4, 0.5) is 0 Å². The fourth-order valence-electron chi connectivity index (χ4n) is 2.08. The highest BCUT2D eigenvalue weighted by Crippen LogP contribution is 2.28. The van der Waals surface area contributed by atoms with Gasteiger partial charge in [0.15, 0.2) is 11.5 Å². The van der Waals surface area contributed by atoms with Crippen molar-refractivity contribution in [2.75, 3.05) is 26.9 Å². The minimum Gasteiger partial charge on any atom is -0.493 e. The quantitative estimate of drug-likeness (QED) is 0.695. The van der Waals surface area contributed by atoms with Gasteiger partial charge in [0, 0.05) is 10.0 Å². The Bertz CT molecular complexity index is 690. The minimum atomic E-state index is -0.184. The van der Waals surface area contributed by atoms with Gasteiger partial charge in [0.1, 0.15) is 12.4 Å². The Balaban J connectivity index is 1.87. The van der Waals surface area contributed by atoms with E-state index in [1.165, 1.54) is 0 Å². The second-order valence-electron chi connectivity index (χ2n) is 4.86. The molecule has 0 aliphatic carbocycles. The molecule has 0 atom stereocenters. The Kier molecular flexibility index (Phi) is 6.93. The molecule has 0 aromatic heterocycles. The van der Waals surface area contributed by atoms with Gasteiger partial charge in [-0.3, -0.25) is 4.79 Å². The third-order valence-corrected chi connectivity index (χ3v) is 3.67. The summed E-state index contributed by atoms with van der Waals surface area (Å²) >= 11 is 3.38. The summed E-state index contributed by atoms with van der Waals surface area (Å²) in [6, 6.07) is 12.7. The fourth-order valence-corrected chi connectivity index (χ4v) is 2.46. The van der Waals surface area contributed by atoms with E-state index in [0.29, 0.717) is 36.8 Å². The van der Waals surface area contributed by atoms with Crippen LogP contribution in [-0.4, -0.2) is 32.8 Å². The molecule has 0 heterocycles. The van der Waals surface area contributed by atoms with Crippen molar-refractivity contribution < 1.29 is 19.0 Å². The van der Waals surface area contributed by atoms with Gasteiger partial charge >= 0.3 is 0 Å². The molecule has 0 spiro atoms. The van der Waals surface area contributed by atoms with E-state index in [-0.39, 0.29) is 5.91 Å². The molecule has 2 aromatic carbocycles. The predicted octanol–water partition coefficient (Wildman–Crippen LogP) is 3.67. The largest absolute Gasteiger partial charge is 0.493 e. The van der Waals surface area contributed by atoms with E-state index in [2.05, 4.69) is 21.2 Å². The van der Waals surface area contributed by atoms with Crippen molar-refractivity contribution in [1.29, 1.82) is 0 Å². The summed E-state index contributed by atoms with van der Waals surface area (Å²) in [5.74, 6) is 1.72. The van der Waals surface area contributed by atoms with Crippen molar-refractivity contribution in [3.05, 3.63) is 52.5 Å². The number of methoxy groups -OCH3 is 1. The molecular formula is C18H20BrNO4. The van der Waals surface area contributed by atoms with Crippen LogP contribution >= 0.6 is 15.9 Å². The molecule has 0 bridgehead atoms. The molecule has 0 aliphatic rings. The standard InChI is InChI=1S/C18H20BrNO4/c1-3-23-17-11-13(7-8-16(17)22-2)18(21)20-9-10-24-15-6-4-5-14(19)12-15/h4-8,11-12H,3,9-10H2,1-2H3,(H,20,21). The maximum atomic E-state index is 12.2. The normalized spacial score (nSPS) is 10.1. The van der Waals surface area contributed by atoms with E-state index < -0.39 is 0 Å². The topological polar surface area (TPSA) is 56.8 Å². The zero-order valence-electron chi connectivity index (χ0n) is 13.7. The number of hydrogen-bond donors (Lipinski definition) is 1. The number of rotatable bonds is 8. The second kappa shape index (κ2) is 9.17. The van der Waals surface area contributed by atoms with Gasteiger partial charge in [-0.25, -0.2) is 0 Å². The summed E-state index contributed by atoms with van der Waals surface area (Å²) in [7, 11) is 1.57. The third kappa shape index (κ3) is 5.16. The first-order valence-electron chi connectivity index (χ1n) is 7.61. The number of benzene rings is 2. The Labute approximate surface area is 150 Å². The maximum absolute atomic E-state index is 12.2. The van der Waals surface area contributed by atoms with Crippen LogP contribution in [0.25, 0.3) is 0 Å². The van der Waals surface area contributed by atoms with Crippen molar-refractivity contribution in [1.82, 2.24) is 5.32 Å². The number of carbonyl (C=O) groups excluding carboxylic acids is 1. The summed E-state index contributed by atoms with van der Waals surface area (Å²) in [6.07, 6.45) is 0. The highest BCUT2D eigenvalue weighted by molar-refractivity contribution is 9.10. The SMILES string of the molecule is CCOc1cc(C(=O)NCCOc2cccc(Br)c2)ccc1OC. The van der Waals surface area contributed by atoms with Crippen molar-refractivity contribution in [2.24, 2.45) is 0 Å². The lowest BCUT2D eigenvalue weighted by Crippen LogP contribution is -2.28. The van der Waals surface area contributed by atoms with E-state index in [0.717, 1.165) is 10.2 Å².